The second-order valence-electron chi connectivity index (χ2n) is 6.48. The fourth-order valence-electron chi connectivity index (χ4n) is 3.35. The molecule has 2 unspecified atom stereocenters. The lowest BCUT2D eigenvalue weighted by Crippen LogP contribution is -2.41. The van der Waals surface area contributed by atoms with Crippen molar-refractivity contribution >= 4 is 11.7 Å². The van der Waals surface area contributed by atoms with Crippen LogP contribution in [0, 0.1) is 0 Å². The first-order valence-electron chi connectivity index (χ1n) is 8.47. The van der Waals surface area contributed by atoms with Gasteiger partial charge in [-0.25, -0.2) is 4.79 Å². The van der Waals surface area contributed by atoms with Crippen molar-refractivity contribution in [2.45, 2.75) is 25.0 Å². The number of cyclic esters (lactones) is 1. The fourth-order valence-corrected chi connectivity index (χ4v) is 3.35. The van der Waals surface area contributed by atoms with Crippen LogP contribution in [-0.2, 0) is 4.74 Å². The van der Waals surface area contributed by atoms with E-state index >= 15 is 0 Å². The number of alkyl halides is 2. The molecule has 1 fully saturated rings. The Labute approximate surface area is 152 Å². The number of anilines is 1. The summed E-state index contributed by atoms with van der Waals surface area (Å²) in [5.74, 6) is -0.220. The third-order valence-electron chi connectivity index (χ3n) is 4.68. The number of nitrogens with zero attached hydrogens (tertiary/aromatic N) is 3. The Morgan fingerprint density at radius 1 is 1.26 bits per heavy atom. The zero-order valence-corrected chi connectivity index (χ0v) is 13.9. The molecule has 0 aromatic heterocycles. The number of benzene rings is 1. The Kier molecular flexibility index (Phi) is 3.47. The second kappa shape index (κ2) is 5.78. The van der Waals surface area contributed by atoms with Crippen LogP contribution in [0.5, 0.6) is 11.5 Å². The average Bonchev–Trinajstić information content (AvgIpc) is 3.26. The number of halogens is 2. The van der Waals surface area contributed by atoms with E-state index in [2.05, 4.69) is 35.2 Å². The summed E-state index contributed by atoms with van der Waals surface area (Å²) < 4.78 is 40.6. The average molecular weight is 379 g/mol. The summed E-state index contributed by atoms with van der Waals surface area (Å²) in [7, 11) is 0. The second-order valence-corrected chi connectivity index (χ2v) is 6.48. The Balaban J connectivity index is 1.34. The van der Waals surface area contributed by atoms with Crippen LogP contribution in [0.1, 0.15) is 16.8 Å². The summed E-state index contributed by atoms with van der Waals surface area (Å²) in [6, 6.07) is 2.06. The van der Waals surface area contributed by atoms with Gasteiger partial charge in [-0.1, -0.05) is 0 Å². The van der Waals surface area contributed by atoms with E-state index < -0.39 is 24.5 Å². The molecule has 4 aliphatic heterocycles. The lowest BCUT2D eigenvalue weighted by molar-refractivity contribution is -0.286. The van der Waals surface area contributed by atoms with Gasteiger partial charge in [0.25, 0.3) is 0 Å². The highest BCUT2D eigenvalue weighted by Crippen LogP contribution is 2.45. The summed E-state index contributed by atoms with van der Waals surface area (Å²) >= 11 is 0. The minimum absolute atomic E-state index is 0.0958. The van der Waals surface area contributed by atoms with Gasteiger partial charge >= 0.3 is 12.3 Å². The third kappa shape index (κ3) is 2.83. The summed E-state index contributed by atoms with van der Waals surface area (Å²) in [6.07, 6.45) is -2.04. The highest BCUT2D eigenvalue weighted by atomic mass is 19.3. The first-order valence-corrected chi connectivity index (χ1v) is 8.47. The Morgan fingerprint density at radius 3 is 2.78 bits per heavy atom. The maximum atomic E-state index is 13.2. The van der Waals surface area contributed by atoms with Crippen molar-refractivity contribution in [3.8, 4) is 11.5 Å². The largest absolute Gasteiger partial charge is 0.586 e. The number of esters is 1. The summed E-state index contributed by atoms with van der Waals surface area (Å²) in [5.41, 5.74) is 0.420. The Bertz CT molecular complexity index is 869. The van der Waals surface area contributed by atoms with Crippen molar-refractivity contribution in [2.75, 3.05) is 25.1 Å². The SMILES string of the molecule is O=C1OC(C2CC=C(N3CCNC3)N=N2)Nc2cc3c(cc21)OC(F)(F)O3. The van der Waals surface area contributed by atoms with Crippen molar-refractivity contribution < 1.29 is 27.8 Å². The molecule has 0 radical (unpaired) electrons. The number of hydrogen-bond donors (Lipinski definition) is 2. The van der Waals surface area contributed by atoms with Crippen LogP contribution in [0.25, 0.3) is 0 Å². The van der Waals surface area contributed by atoms with Crippen LogP contribution in [0.2, 0.25) is 0 Å². The number of carbonyl (C=O) groups is 1. The first-order chi connectivity index (χ1) is 13.0. The molecule has 0 amide bonds. The van der Waals surface area contributed by atoms with Crippen LogP contribution in [0.15, 0.2) is 34.3 Å². The highest BCUT2D eigenvalue weighted by molar-refractivity contribution is 5.98. The Hall–Kier alpha value is -2.95. The Morgan fingerprint density at radius 2 is 2.07 bits per heavy atom. The van der Waals surface area contributed by atoms with E-state index in [-0.39, 0.29) is 17.1 Å². The normalized spacial score (nSPS) is 27.7. The molecule has 0 aliphatic carbocycles. The van der Waals surface area contributed by atoms with Crippen LogP contribution in [0.4, 0.5) is 14.5 Å². The molecule has 1 aromatic rings. The molecule has 27 heavy (non-hydrogen) atoms. The molecule has 0 saturated carbocycles. The van der Waals surface area contributed by atoms with E-state index in [1.54, 1.807) is 0 Å². The van der Waals surface area contributed by atoms with E-state index in [0.29, 0.717) is 12.1 Å². The van der Waals surface area contributed by atoms with Crippen LogP contribution >= 0.6 is 0 Å². The van der Waals surface area contributed by atoms with Gasteiger partial charge in [-0.2, -0.15) is 5.11 Å². The lowest BCUT2D eigenvalue weighted by Gasteiger charge is -2.31. The van der Waals surface area contributed by atoms with Gasteiger partial charge in [-0.3, -0.25) is 5.32 Å². The first kappa shape index (κ1) is 16.2. The summed E-state index contributed by atoms with van der Waals surface area (Å²) in [5, 5.41) is 14.7. The molecule has 0 spiro atoms. The molecule has 2 N–H and O–H groups in total. The zero-order valence-electron chi connectivity index (χ0n) is 13.9. The van der Waals surface area contributed by atoms with Crippen molar-refractivity contribution in [3.05, 3.63) is 29.6 Å². The number of carbonyl (C=O) groups excluding carboxylic acids is 1. The van der Waals surface area contributed by atoms with Crippen molar-refractivity contribution in [2.24, 2.45) is 10.2 Å². The molecular formula is C16H15F2N5O4. The van der Waals surface area contributed by atoms with Crippen molar-refractivity contribution in [1.82, 2.24) is 10.2 Å². The van der Waals surface area contributed by atoms with E-state index in [1.165, 1.54) is 12.1 Å². The molecule has 5 rings (SSSR count). The van der Waals surface area contributed by atoms with Gasteiger partial charge in [0, 0.05) is 25.2 Å². The maximum absolute atomic E-state index is 13.2. The topological polar surface area (TPSA) is 96.8 Å². The molecule has 4 heterocycles. The monoisotopic (exact) mass is 379 g/mol. The van der Waals surface area contributed by atoms with Crippen LogP contribution < -0.4 is 20.1 Å². The van der Waals surface area contributed by atoms with E-state index in [1.807, 2.05) is 6.08 Å². The fraction of sp³-hybridized carbons (Fsp3) is 0.438. The van der Waals surface area contributed by atoms with Crippen LogP contribution in [0.3, 0.4) is 0 Å². The minimum atomic E-state index is -3.75. The van der Waals surface area contributed by atoms with Crippen molar-refractivity contribution in [3.63, 3.8) is 0 Å². The maximum Gasteiger partial charge on any atom is 0.586 e. The molecule has 142 valence electrons. The van der Waals surface area contributed by atoms with Crippen LogP contribution in [-0.4, -0.2) is 49.2 Å². The van der Waals surface area contributed by atoms with Gasteiger partial charge < -0.3 is 24.4 Å². The molecular weight excluding hydrogens is 364 g/mol. The summed E-state index contributed by atoms with van der Waals surface area (Å²) in [4.78, 5) is 14.4. The minimum Gasteiger partial charge on any atom is -0.436 e. The van der Waals surface area contributed by atoms with Gasteiger partial charge in [0.1, 0.15) is 11.9 Å². The van der Waals surface area contributed by atoms with Gasteiger partial charge in [0.2, 0.25) is 0 Å². The van der Waals surface area contributed by atoms with E-state index in [4.69, 9.17) is 4.74 Å². The number of rotatable bonds is 2. The number of azo groups is 1. The van der Waals surface area contributed by atoms with Gasteiger partial charge in [-0.05, 0) is 12.5 Å². The number of ether oxygens (including phenoxy) is 3. The quantitative estimate of drug-likeness (QED) is 0.757. The molecule has 9 nitrogen and oxygen atoms in total. The number of nitrogens with one attached hydrogen (secondary N) is 2. The van der Waals surface area contributed by atoms with E-state index in [9.17, 15) is 13.6 Å². The zero-order chi connectivity index (χ0) is 18.6. The third-order valence-corrected chi connectivity index (χ3v) is 4.68. The van der Waals surface area contributed by atoms with E-state index in [0.717, 1.165) is 25.6 Å². The van der Waals surface area contributed by atoms with Gasteiger partial charge in [0.15, 0.2) is 17.7 Å². The number of fused-ring (bicyclic) bond motifs is 2. The molecule has 1 saturated heterocycles. The number of hydrogen-bond acceptors (Lipinski definition) is 9. The van der Waals surface area contributed by atoms with Gasteiger partial charge in [0.05, 0.1) is 17.9 Å². The predicted molar refractivity (Wildman–Crippen MR) is 86.4 cm³/mol. The standard InChI is InChI=1S/C16H15F2N5O4/c17-16(18)26-11-5-8-10(6-12(11)27-16)20-14(25-15(8)24)9-1-2-13(22-21-9)23-4-3-19-7-23/h2,5-6,9,14,19-20H,1,3-4,7H2. The highest BCUT2D eigenvalue weighted by Gasteiger charge is 2.45. The smallest absolute Gasteiger partial charge is 0.436 e. The molecule has 1 aromatic carbocycles. The molecule has 2 atom stereocenters. The molecule has 4 aliphatic rings. The molecule has 11 heteroatoms. The lowest BCUT2D eigenvalue weighted by atomic mass is 10.1. The van der Waals surface area contributed by atoms with Gasteiger partial charge in [-0.15, -0.1) is 13.9 Å². The predicted octanol–water partition coefficient (Wildman–Crippen LogP) is 1.85. The summed E-state index contributed by atoms with van der Waals surface area (Å²) in [6.45, 7) is 2.47. The van der Waals surface area contributed by atoms with Crippen molar-refractivity contribution in [1.29, 1.82) is 0 Å². The molecule has 0 bridgehead atoms.